The average molecular weight is 255 g/mol. The minimum atomic E-state index is -0.882. The van der Waals surface area contributed by atoms with Crippen molar-refractivity contribution in [2.45, 2.75) is 13.8 Å². The Morgan fingerprint density at radius 3 is 2.61 bits per heavy atom. The van der Waals surface area contributed by atoms with Gasteiger partial charge >= 0.3 is 12.1 Å². The molecule has 1 heterocycles. The Balaban J connectivity index is 2.37. The monoisotopic (exact) mass is 255 g/mol. The van der Waals surface area contributed by atoms with E-state index in [1.165, 1.54) is 6.26 Å². The van der Waals surface area contributed by atoms with Crippen LogP contribution < -0.4 is 5.32 Å². The van der Waals surface area contributed by atoms with Gasteiger partial charge < -0.3 is 13.9 Å². The van der Waals surface area contributed by atoms with Crippen LogP contribution in [0, 0.1) is 6.92 Å². The van der Waals surface area contributed by atoms with Gasteiger partial charge in [-0.15, -0.1) is 0 Å². The van der Waals surface area contributed by atoms with Crippen LogP contribution >= 0.6 is 0 Å². The van der Waals surface area contributed by atoms with Crippen LogP contribution in [0.15, 0.2) is 16.7 Å². The molecule has 98 valence electrons. The SMILES string of the molecule is CCOC(=O)NC(=O)COC(=O)c1occc1C. The van der Waals surface area contributed by atoms with Crippen LogP contribution in [0.4, 0.5) is 4.79 Å². The van der Waals surface area contributed by atoms with Gasteiger partial charge in [-0.3, -0.25) is 10.1 Å². The number of carbonyl (C=O) groups is 3. The average Bonchev–Trinajstić information content (AvgIpc) is 2.72. The Hall–Kier alpha value is -2.31. The summed E-state index contributed by atoms with van der Waals surface area (Å²) in [6.45, 7) is 2.82. The van der Waals surface area contributed by atoms with E-state index in [0.717, 1.165) is 0 Å². The van der Waals surface area contributed by atoms with Crippen LogP contribution in [0.25, 0.3) is 0 Å². The molecule has 0 aliphatic carbocycles. The second-order valence-electron chi connectivity index (χ2n) is 3.28. The first kappa shape index (κ1) is 13.8. The molecule has 18 heavy (non-hydrogen) atoms. The van der Waals surface area contributed by atoms with Crippen molar-refractivity contribution in [3.05, 3.63) is 23.7 Å². The van der Waals surface area contributed by atoms with Gasteiger partial charge in [-0.25, -0.2) is 9.59 Å². The highest BCUT2D eigenvalue weighted by molar-refractivity contribution is 5.94. The third-order valence-corrected chi connectivity index (χ3v) is 1.90. The smallest absolute Gasteiger partial charge is 0.413 e. The molecular weight excluding hydrogens is 242 g/mol. The molecule has 2 amide bonds. The predicted octanol–water partition coefficient (Wildman–Crippen LogP) is 1.02. The molecule has 0 aromatic carbocycles. The van der Waals surface area contributed by atoms with E-state index in [0.29, 0.717) is 5.56 Å². The van der Waals surface area contributed by atoms with Gasteiger partial charge in [0.1, 0.15) is 0 Å². The largest absolute Gasteiger partial charge is 0.457 e. The van der Waals surface area contributed by atoms with Crippen molar-refractivity contribution in [2.75, 3.05) is 13.2 Å². The van der Waals surface area contributed by atoms with Crippen molar-refractivity contribution in [2.24, 2.45) is 0 Å². The van der Waals surface area contributed by atoms with Crippen LogP contribution in [0.5, 0.6) is 0 Å². The Kier molecular flexibility index (Phi) is 4.91. The van der Waals surface area contributed by atoms with Gasteiger partial charge in [0, 0.05) is 5.56 Å². The molecule has 0 saturated heterocycles. The standard InChI is InChI=1S/C11H13NO6/c1-3-16-11(15)12-8(13)6-18-10(14)9-7(2)4-5-17-9/h4-5H,3,6H2,1-2H3,(H,12,13,15). The maximum atomic E-state index is 11.4. The summed E-state index contributed by atoms with van der Waals surface area (Å²) < 4.78 is 14.0. The molecule has 1 aromatic heterocycles. The molecule has 7 heteroatoms. The fourth-order valence-electron chi connectivity index (χ4n) is 1.10. The number of amides is 2. The number of hydrogen-bond acceptors (Lipinski definition) is 6. The molecule has 1 N–H and O–H groups in total. The summed E-state index contributed by atoms with van der Waals surface area (Å²) in [6, 6.07) is 1.59. The molecule has 0 aliphatic rings. The van der Waals surface area contributed by atoms with Crippen molar-refractivity contribution in [1.29, 1.82) is 0 Å². The van der Waals surface area contributed by atoms with Crippen LogP contribution in [-0.2, 0) is 14.3 Å². The number of carbonyl (C=O) groups excluding carboxylic acids is 3. The molecule has 0 atom stereocenters. The van der Waals surface area contributed by atoms with Crippen molar-refractivity contribution in [3.8, 4) is 0 Å². The van der Waals surface area contributed by atoms with Gasteiger partial charge in [0.2, 0.25) is 5.76 Å². The maximum Gasteiger partial charge on any atom is 0.413 e. The molecule has 0 bridgehead atoms. The minimum Gasteiger partial charge on any atom is -0.457 e. The molecule has 0 spiro atoms. The minimum absolute atomic E-state index is 0.0268. The molecule has 1 aromatic rings. The Morgan fingerprint density at radius 1 is 1.33 bits per heavy atom. The van der Waals surface area contributed by atoms with Crippen molar-refractivity contribution < 1.29 is 28.3 Å². The molecule has 0 saturated carbocycles. The molecule has 7 nitrogen and oxygen atoms in total. The number of rotatable bonds is 4. The number of hydrogen-bond donors (Lipinski definition) is 1. The van der Waals surface area contributed by atoms with Crippen LogP contribution in [0.1, 0.15) is 23.0 Å². The zero-order chi connectivity index (χ0) is 13.5. The van der Waals surface area contributed by atoms with Crippen molar-refractivity contribution in [3.63, 3.8) is 0 Å². The first-order chi connectivity index (χ1) is 8.54. The van der Waals surface area contributed by atoms with E-state index in [4.69, 9.17) is 4.42 Å². The van der Waals surface area contributed by atoms with Crippen molar-refractivity contribution >= 4 is 18.0 Å². The van der Waals surface area contributed by atoms with E-state index in [-0.39, 0.29) is 12.4 Å². The number of nitrogens with one attached hydrogen (secondary N) is 1. The number of furan rings is 1. The summed E-state index contributed by atoms with van der Waals surface area (Å²) in [6.07, 6.45) is 0.456. The van der Waals surface area contributed by atoms with Gasteiger partial charge in [-0.2, -0.15) is 0 Å². The summed E-state index contributed by atoms with van der Waals surface area (Å²) >= 11 is 0. The highest BCUT2D eigenvalue weighted by atomic mass is 16.6. The van der Waals surface area contributed by atoms with E-state index >= 15 is 0 Å². The zero-order valence-corrected chi connectivity index (χ0v) is 10.0. The fourth-order valence-corrected chi connectivity index (χ4v) is 1.10. The highest BCUT2D eigenvalue weighted by Gasteiger charge is 2.16. The first-order valence-electron chi connectivity index (χ1n) is 5.22. The number of ether oxygens (including phenoxy) is 2. The number of imide groups is 1. The molecule has 0 radical (unpaired) electrons. The van der Waals surface area contributed by atoms with Crippen LogP contribution in [0.2, 0.25) is 0 Å². The lowest BCUT2D eigenvalue weighted by atomic mass is 10.3. The second-order valence-corrected chi connectivity index (χ2v) is 3.28. The number of alkyl carbamates (subject to hydrolysis) is 1. The Morgan fingerprint density at radius 2 is 2.06 bits per heavy atom. The molecule has 0 unspecified atom stereocenters. The van der Waals surface area contributed by atoms with Gasteiger partial charge in [-0.05, 0) is 19.9 Å². The molecule has 0 fully saturated rings. The van der Waals surface area contributed by atoms with E-state index in [1.54, 1.807) is 19.9 Å². The molecular formula is C11H13NO6. The third-order valence-electron chi connectivity index (χ3n) is 1.90. The summed E-state index contributed by atoms with van der Waals surface area (Å²) in [5.74, 6) is -1.51. The quantitative estimate of drug-likeness (QED) is 0.807. The second kappa shape index (κ2) is 6.43. The summed E-state index contributed by atoms with van der Waals surface area (Å²) in [5.41, 5.74) is 0.603. The van der Waals surface area contributed by atoms with Gasteiger partial charge in [0.05, 0.1) is 12.9 Å². The zero-order valence-electron chi connectivity index (χ0n) is 10.0. The number of esters is 1. The van der Waals surface area contributed by atoms with Crippen molar-refractivity contribution in [1.82, 2.24) is 5.32 Å². The Bertz CT molecular complexity index is 450. The summed E-state index contributed by atoms with van der Waals surface area (Å²) in [5, 5.41) is 1.89. The normalized spacial score (nSPS) is 9.67. The lowest BCUT2D eigenvalue weighted by molar-refractivity contribution is -0.123. The van der Waals surface area contributed by atoms with Gasteiger partial charge in [0.25, 0.3) is 5.91 Å². The Labute approximate surface area is 103 Å². The lowest BCUT2D eigenvalue weighted by Gasteiger charge is -2.04. The first-order valence-corrected chi connectivity index (χ1v) is 5.22. The highest BCUT2D eigenvalue weighted by Crippen LogP contribution is 2.09. The van der Waals surface area contributed by atoms with E-state index in [2.05, 4.69) is 9.47 Å². The number of aryl methyl sites for hydroxylation is 1. The van der Waals surface area contributed by atoms with E-state index < -0.39 is 24.6 Å². The molecule has 1 rings (SSSR count). The summed E-state index contributed by atoms with van der Waals surface area (Å²) in [4.78, 5) is 33.5. The van der Waals surface area contributed by atoms with Gasteiger partial charge in [-0.1, -0.05) is 0 Å². The fraction of sp³-hybridized carbons (Fsp3) is 0.364. The summed E-state index contributed by atoms with van der Waals surface area (Å²) in [7, 11) is 0. The molecule has 0 aliphatic heterocycles. The topological polar surface area (TPSA) is 94.8 Å². The van der Waals surface area contributed by atoms with E-state index in [9.17, 15) is 14.4 Å². The van der Waals surface area contributed by atoms with Crippen LogP contribution in [0.3, 0.4) is 0 Å². The van der Waals surface area contributed by atoms with Gasteiger partial charge in [0.15, 0.2) is 6.61 Å². The van der Waals surface area contributed by atoms with E-state index in [1.807, 2.05) is 5.32 Å². The lowest BCUT2D eigenvalue weighted by Crippen LogP contribution is -2.34. The predicted molar refractivity (Wildman–Crippen MR) is 58.9 cm³/mol. The third kappa shape index (κ3) is 3.93. The van der Waals surface area contributed by atoms with Crippen LogP contribution in [-0.4, -0.2) is 31.2 Å². The maximum absolute atomic E-state index is 11.4.